The van der Waals surface area contributed by atoms with Crippen LogP contribution in [0.25, 0.3) is 0 Å². The second-order valence-electron chi connectivity index (χ2n) is 4.71. The minimum atomic E-state index is -0.438. The molecule has 4 heteroatoms. The molecule has 0 unspecified atom stereocenters. The van der Waals surface area contributed by atoms with E-state index in [0.717, 1.165) is 39.1 Å². The summed E-state index contributed by atoms with van der Waals surface area (Å²) >= 11 is 0. The zero-order chi connectivity index (χ0) is 15.0. The molecule has 0 aromatic heterocycles. The first-order valence-corrected chi connectivity index (χ1v) is 7.33. The maximum atomic E-state index is 13.6. The van der Waals surface area contributed by atoms with Crippen LogP contribution in [-0.4, -0.2) is 37.6 Å². The maximum absolute atomic E-state index is 13.6. The Labute approximate surface area is 121 Å². The third kappa shape index (κ3) is 4.21. The molecule has 1 rings (SSSR count). The SMILES string of the molecule is CCN(CC)CCCN(CC)c1cccc(F)c1C#N. The van der Waals surface area contributed by atoms with Crippen molar-refractivity contribution in [2.24, 2.45) is 0 Å². The highest BCUT2D eigenvalue weighted by Gasteiger charge is 2.13. The highest BCUT2D eigenvalue weighted by atomic mass is 19.1. The Balaban J connectivity index is 2.72. The van der Waals surface area contributed by atoms with Crippen molar-refractivity contribution in [1.82, 2.24) is 4.90 Å². The van der Waals surface area contributed by atoms with Gasteiger partial charge in [-0.3, -0.25) is 0 Å². The van der Waals surface area contributed by atoms with Crippen LogP contribution in [0.3, 0.4) is 0 Å². The molecule has 0 aliphatic rings. The molecule has 1 aromatic rings. The predicted molar refractivity (Wildman–Crippen MR) is 81.4 cm³/mol. The van der Waals surface area contributed by atoms with Crippen LogP contribution in [-0.2, 0) is 0 Å². The lowest BCUT2D eigenvalue weighted by Crippen LogP contribution is -2.30. The van der Waals surface area contributed by atoms with Crippen LogP contribution in [0.15, 0.2) is 18.2 Å². The first-order chi connectivity index (χ1) is 9.67. The van der Waals surface area contributed by atoms with E-state index in [0.29, 0.717) is 5.69 Å². The largest absolute Gasteiger partial charge is 0.371 e. The average Bonchev–Trinajstić information content (AvgIpc) is 2.47. The fraction of sp³-hybridized carbons (Fsp3) is 0.562. The summed E-state index contributed by atoms with van der Waals surface area (Å²) in [7, 11) is 0. The van der Waals surface area contributed by atoms with Gasteiger partial charge < -0.3 is 9.80 Å². The molecule has 3 nitrogen and oxygen atoms in total. The summed E-state index contributed by atoms with van der Waals surface area (Å²) in [5, 5.41) is 9.11. The number of hydrogen-bond acceptors (Lipinski definition) is 3. The van der Waals surface area contributed by atoms with Gasteiger partial charge in [-0.2, -0.15) is 5.26 Å². The van der Waals surface area contributed by atoms with Crippen LogP contribution >= 0.6 is 0 Å². The van der Waals surface area contributed by atoms with Gasteiger partial charge in [0.05, 0.1) is 5.69 Å². The van der Waals surface area contributed by atoms with Crippen LogP contribution in [0.1, 0.15) is 32.8 Å². The maximum Gasteiger partial charge on any atom is 0.143 e. The van der Waals surface area contributed by atoms with Gasteiger partial charge in [0, 0.05) is 13.1 Å². The molecule has 110 valence electrons. The fourth-order valence-corrected chi connectivity index (χ4v) is 2.36. The number of nitrogens with zero attached hydrogens (tertiary/aromatic N) is 3. The molecule has 0 saturated heterocycles. The molecule has 0 N–H and O–H groups in total. The number of rotatable bonds is 8. The first-order valence-electron chi connectivity index (χ1n) is 7.33. The minimum absolute atomic E-state index is 0.150. The summed E-state index contributed by atoms with van der Waals surface area (Å²) in [5.41, 5.74) is 0.853. The number of hydrogen-bond donors (Lipinski definition) is 0. The average molecular weight is 277 g/mol. The summed E-state index contributed by atoms with van der Waals surface area (Å²) in [4.78, 5) is 4.44. The molecule has 0 heterocycles. The Morgan fingerprint density at radius 3 is 2.35 bits per heavy atom. The van der Waals surface area contributed by atoms with E-state index in [2.05, 4.69) is 23.6 Å². The predicted octanol–water partition coefficient (Wildman–Crippen LogP) is 3.26. The standard InChI is InChI=1S/C16H24FN3/c1-4-19(5-2)11-8-12-20(6-3)16-10-7-9-15(17)14(16)13-18/h7,9-10H,4-6,8,11-12H2,1-3H3. The molecular weight excluding hydrogens is 253 g/mol. The van der Waals surface area contributed by atoms with Crippen molar-refractivity contribution in [1.29, 1.82) is 5.26 Å². The molecule has 1 aromatic carbocycles. The zero-order valence-corrected chi connectivity index (χ0v) is 12.7. The van der Waals surface area contributed by atoms with Gasteiger partial charge >= 0.3 is 0 Å². The second kappa shape index (κ2) is 8.55. The normalized spacial score (nSPS) is 10.6. The third-order valence-corrected chi connectivity index (χ3v) is 3.62. The van der Waals surface area contributed by atoms with Gasteiger partial charge in [-0.1, -0.05) is 19.9 Å². The molecular formula is C16H24FN3. The van der Waals surface area contributed by atoms with Crippen LogP contribution in [0, 0.1) is 17.1 Å². The molecule has 0 bridgehead atoms. The molecule has 0 amide bonds. The number of anilines is 1. The van der Waals surface area contributed by atoms with Crippen molar-refractivity contribution in [3.63, 3.8) is 0 Å². The summed E-state index contributed by atoms with van der Waals surface area (Å²) in [6.07, 6.45) is 1.01. The van der Waals surface area contributed by atoms with E-state index < -0.39 is 5.82 Å². The minimum Gasteiger partial charge on any atom is -0.371 e. The quantitative estimate of drug-likeness (QED) is 0.730. The molecule has 0 fully saturated rings. The smallest absolute Gasteiger partial charge is 0.143 e. The van der Waals surface area contributed by atoms with E-state index >= 15 is 0 Å². The first kappa shape index (κ1) is 16.5. The molecule has 0 spiro atoms. The van der Waals surface area contributed by atoms with Gasteiger partial charge in [0.15, 0.2) is 0 Å². The third-order valence-electron chi connectivity index (χ3n) is 3.62. The van der Waals surface area contributed by atoms with E-state index in [9.17, 15) is 4.39 Å². The second-order valence-corrected chi connectivity index (χ2v) is 4.71. The van der Waals surface area contributed by atoms with Crippen LogP contribution in [0.5, 0.6) is 0 Å². The number of benzene rings is 1. The van der Waals surface area contributed by atoms with Gasteiger partial charge in [-0.25, -0.2) is 4.39 Å². The lowest BCUT2D eigenvalue weighted by Gasteiger charge is -2.26. The van der Waals surface area contributed by atoms with E-state index in [-0.39, 0.29) is 5.56 Å². The van der Waals surface area contributed by atoms with Crippen molar-refractivity contribution in [3.05, 3.63) is 29.6 Å². The van der Waals surface area contributed by atoms with Gasteiger partial charge in [0.1, 0.15) is 17.4 Å². The van der Waals surface area contributed by atoms with Crippen molar-refractivity contribution >= 4 is 5.69 Å². The van der Waals surface area contributed by atoms with E-state index in [1.807, 2.05) is 19.1 Å². The number of nitriles is 1. The van der Waals surface area contributed by atoms with Gasteiger partial charge in [-0.05, 0) is 45.1 Å². The lowest BCUT2D eigenvalue weighted by molar-refractivity contribution is 0.300. The van der Waals surface area contributed by atoms with Crippen molar-refractivity contribution < 1.29 is 4.39 Å². The molecule has 0 atom stereocenters. The highest BCUT2D eigenvalue weighted by Crippen LogP contribution is 2.22. The molecule has 0 saturated carbocycles. The van der Waals surface area contributed by atoms with E-state index in [1.54, 1.807) is 6.07 Å². The summed E-state index contributed by atoms with van der Waals surface area (Å²) < 4.78 is 13.6. The Hall–Kier alpha value is -1.60. The molecule has 0 radical (unpaired) electrons. The Bertz CT molecular complexity index is 450. The Kier molecular flexibility index (Phi) is 7.03. The number of halogens is 1. The lowest BCUT2D eigenvalue weighted by atomic mass is 10.1. The molecule has 20 heavy (non-hydrogen) atoms. The molecule has 0 aliphatic heterocycles. The van der Waals surface area contributed by atoms with Crippen molar-refractivity contribution in [2.75, 3.05) is 37.6 Å². The fourth-order valence-electron chi connectivity index (χ4n) is 2.36. The molecule has 0 aliphatic carbocycles. The zero-order valence-electron chi connectivity index (χ0n) is 12.7. The summed E-state index contributed by atoms with van der Waals surface area (Å²) in [6, 6.07) is 6.80. The highest BCUT2D eigenvalue weighted by molar-refractivity contribution is 5.59. The summed E-state index contributed by atoms with van der Waals surface area (Å²) in [5.74, 6) is -0.438. The Morgan fingerprint density at radius 1 is 1.10 bits per heavy atom. The van der Waals surface area contributed by atoms with E-state index in [1.165, 1.54) is 6.07 Å². The monoisotopic (exact) mass is 277 g/mol. The van der Waals surface area contributed by atoms with Gasteiger partial charge in [0.25, 0.3) is 0 Å². The van der Waals surface area contributed by atoms with Gasteiger partial charge in [0.2, 0.25) is 0 Å². The van der Waals surface area contributed by atoms with Crippen molar-refractivity contribution in [3.8, 4) is 6.07 Å². The topological polar surface area (TPSA) is 30.3 Å². The van der Waals surface area contributed by atoms with E-state index in [4.69, 9.17) is 5.26 Å². The van der Waals surface area contributed by atoms with Crippen LogP contribution in [0.4, 0.5) is 10.1 Å². The van der Waals surface area contributed by atoms with Crippen LogP contribution in [0.2, 0.25) is 0 Å². The van der Waals surface area contributed by atoms with Crippen molar-refractivity contribution in [2.45, 2.75) is 27.2 Å². The van der Waals surface area contributed by atoms with Crippen LogP contribution < -0.4 is 4.90 Å². The summed E-state index contributed by atoms with van der Waals surface area (Å²) in [6.45, 7) is 11.1. The van der Waals surface area contributed by atoms with Gasteiger partial charge in [-0.15, -0.1) is 0 Å². The Morgan fingerprint density at radius 2 is 1.80 bits per heavy atom.